The van der Waals surface area contributed by atoms with Crippen molar-refractivity contribution in [2.45, 2.75) is 18.7 Å². The van der Waals surface area contributed by atoms with Gasteiger partial charge in [0, 0.05) is 38.3 Å². The molecule has 0 unspecified atom stereocenters. The molecule has 196 valence electrons. The Kier molecular flexibility index (Phi) is 6.36. The molecule has 1 atom stereocenters. The van der Waals surface area contributed by atoms with Crippen LogP contribution in [0.4, 0.5) is 33.6 Å². The van der Waals surface area contributed by atoms with Gasteiger partial charge < -0.3 is 14.7 Å². The number of hydrogen-bond acceptors (Lipinski definition) is 6. The number of halogens is 5. The smallest absolute Gasteiger partial charge is 0.419 e. The number of hydrogen-bond donors (Lipinski definition) is 1. The number of ether oxygens (including phenoxy) is 1. The van der Waals surface area contributed by atoms with Gasteiger partial charge in [0.15, 0.2) is 28.7 Å². The highest BCUT2D eigenvalue weighted by Gasteiger charge is 2.38. The van der Waals surface area contributed by atoms with E-state index in [9.17, 15) is 27.1 Å². The maximum Gasteiger partial charge on any atom is 0.419 e. The summed E-state index contributed by atoms with van der Waals surface area (Å²) in [7, 11) is 1.48. The van der Waals surface area contributed by atoms with Gasteiger partial charge in [0.1, 0.15) is 5.69 Å². The molecule has 1 aliphatic heterocycles. The number of aromatic nitrogens is 4. The molecular weight excluding hydrogens is 511 g/mol. The van der Waals surface area contributed by atoms with Gasteiger partial charge in [-0.25, -0.2) is 23.3 Å². The Bertz CT molecular complexity index is 1560. The van der Waals surface area contributed by atoms with Crippen molar-refractivity contribution in [3.05, 3.63) is 70.7 Å². The summed E-state index contributed by atoms with van der Waals surface area (Å²) in [6, 6.07) is 7.48. The fraction of sp³-hybridized carbons (Fsp3) is 0.280. The summed E-state index contributed by atoms with van der Waals surface area (Å²) in [6.45, 7) is 8.40. The average Bonchev–Trinajstić information content (AvgIpc) is 3.22. The van der Waals surface area contributed by atoms with Crippen LogP contribution in [0.3, 0.4) is 0 Å². The minimum atomic E-state index is -5.16. The largest absolute Gasteiger partial charge is 0.503 e. The molecular formula is C25H19F5N6O2. The predicted molar refractivity (Wildman–Crippen MR) is 127 cm³/mol. The molecule has 1 aliphatic rings. The first-order valence-electron chi connectivity index (χ1n) is 11.4. The highest BCUT2D eigenvalue weighted by molar-refractivity contribution is 5.91. The van der Waals surface area contributed by atoms with Crippen LogP contribution in [0, 0.1) is 18.2 Å². The lowest BCUT2D eigenvalue weighted by Crippen LogP contribution is -2.44. The van der Waals surface area contributed by atoms with Crippen LogP contribution in [0.1, 0.15) is 11.1 Å². The third-order valence-electron chi connectivity index (χ3n) is 6.26. The van der Waals surface area contributed by atoms with E-state index in [2.05, 4.69) is 19.9 Å². The van der Waals surface area contributed by atoms with Gasteiger partial charge in [-0.15, -0.1) is 0 Å². The van der Waals surface area contributed by atoms with Crippen LogP contribution in [0.25, 0.3) is 27.1 Å². The van der Waals surface area contributed by atoms with E-state index in [1.165, 1.54) is 17.9 Å². The number of benzene rings is 2. The van der Waals surface area contributed by atoms with Crippen molar-refractivity contribution in [1.82, 2.24) is 19.7 Å². The van der Waals surface area contributed by atoms with Crippen molar-refractivity contribution in [2.75, 3.05) is 24.6 Å². The first-order chi connectivity index (χ1) is 18.1. The molecule has 3 heterocycles. The number of alkyl halides is 3. The summed E-state index contributed by atoms with van der Waals surface area (Å²) >= 11 is 0. The van der Waals surface area contributed by atoms with Crippen LogP contribution in [-0.2, 0) is 24.4 Å². The van der Waals surface area contributed by atoms with Crippen LogP contribution < -0.4 is 4.90 Å². The van der Waals surface area contributed by atoms with Gasteiger partial charge in [-0.2, -0.15) is 23.3 Å². The third kappa shape index (κ3) is 4.58. The molecule has 0 spiro atoms. The number of aryl methyl sites for hydroxylation is 1. The Labute approximate surface area is 212 Å². The minimum Gasteiger partial charge on any atom is -0.503 e. The number of fused-ring (bicyclic) bond motifs is 1. The average molecular weight is 530 g/mol. The third-order valence-corrected chi connectivity index (χ3v) is 6.26. The first kappa shape index (κ1) is 25.3. The van der Waals surface area contributed by atoms with Crippen molar-refractivity contribution in [3.63, 3.8) is 0 Å². The van der Waals surface area contributed by atoms with Gasteiger partial charge >= 0.3 is 6.18 Å². The Morgan fingerprint density at radius 1 is 1.18 bits per heavy atom. The van der Waals surface area contributed by atoms with Gasteiger partial charge in [-0.3, -0.25) is 0 Å². The van der Waals surface area contributed by atoms with Crippen molar-refractivity contribution >= 4 is 22.7 Å². The van der Waals surface area contributed by atoms with E-state index >= 15 is 0 Å². The van der Waals surface area contributed by atoms with E-state index in [0.717, 1.165) is 5.56 Å². The molecule has 2 aromatic heterocycles. The van der Waals surface area contributed by atoms with Gasteiger partial charge in [-0.05, 0) is 11.6 Å². The zero-order valence-corrected chi connectivity index (χ0v) is 19.8. The Hall–Kier alpha value is -4.31. The van der Waals surface area contributed by atoms with Crippen LogP contribution in [0.5, 0.6) is 5.75 Å². The SMILES string of the molecule is [C-]#[N+]c1ccc(C[C@H]2CN(c3ncc4c(-c5cc(C(F)(F)F)c(F)c(O)c5F)nn(C)c4n3)CCO2)cc1. The number of aromatic hydroxyl groups is 1. The summed E-state index contributed by atoms with van der Waals surface area (Å²) in [6.07, 6.45) is -3.44. The second-order valence-electron chi connectivity index (χ2n) is 8.75. The standard InChI is InChI=1S/C25H19F5N6O2/c1-31-14-5-3-13(4-6-14)9-15-12-36(7-8-38-15)24-32-11-17-21(34-35(2)23(17)33-24)16-10-18(25(28,29)30)20(27)22(37)19(16)26/h3-6,10-11,15,37H,7-9,12H2,2H3/t15-/m0/s1. The second kappa shape index (κ2) is 9.53. The number of anilines is 1. The maximum atomic E-state index is 14.7. The molecule has 0 amide bonds. The zero-order valence-electron chi connectivity index (χ0n) is 19.8. The molecule has 1 fully saturated rings. The number of morpholine rings is 1. The molecule has 4 aromatic rings. The monoisotopic (exact) mass is 530 g/mol. The first-order valence-corrected chi connectivity index (χ1v) is 11.4. The summed E-state index contributed by atoms with van der Waals surface area (Å²) in [4.78, 5) is 14.1. The Balaban J connectivity index is 1.45. The number of phenolic OH excluding ortho intramolecular Hbond substituents is 1. The van der Waals surface area contributed by atoms with E-state index in [-0.39, 0.29) is 28.9 Å². The van der Waals surface area contributed by atoms with Crippen LogP contribution in [0.2, 0.25) is 0 Å². The second-order valence-corrected chi connectivity index (χ2v) is 8.75. The van der Waals surface area contributed by atoms with Crippen LogP contribution >= 0.6 is 0 Å². The highest BCUT2D eigenvalue weighted by atomic mass is 19.4. The molecule has 38 heavy (non-hydrogen) atoms. The maximum absolute atomic E-state index is 14.7. The normalized spacial score (nSPS) is 16.1. The van der Waals surface area contributed by atoms with E-state index < -0.39 is 34.7 Å². The van der Waals surface area contributed by atoms with Crippen molar-refractivity contribution in [3.8, 4) is 17.0 Å². The lowest BCUT2D eigenvalue weighted by atomic mass is 10.0. The predicted octanol–water partition coefficient (Wildman–Crippen LogP) is 5.03. The topological polar surface area (TPSA) is 80.7 Å². The van der Waals surface area contributed by atoms with Crippen molar-refractivity contribution in [1.29, 1.82) is 0 Å². The summed E-state index contributed by atoms with van der Waals surface area (Å²) < 4.78 is 75.6. The Morgan fingerprint density at radius 2 is 1.92 bits per heavy atom. The molecule has 0 aliphatic carbocycles. The Morgan fingerprint density at radius 3 is 2.61 bits per heavy atom. The summed E-state index contributed by atoms with van der Waals surface area (Å²) in [5.41, 5.74) is -1.06. The molecule has 2 aromatic carbocycles. The zero-order chi connectivity index (χ0) is 27.2. The van der Waals surface area contributed by atoms with Gasteiger partial charge in [0.2, 0.25) is 5.95 Å². The molecule has 0 radical (unpaired) electrons. The lowest BCUT2D eigenvalue weighted by Gasteiger charge is -2.33. The van der Waals surface area contributed by atoms with E-state index in [1.807, 2.05) is 17.0 Å². The van der Waals surface area contributed by atoms with E-state index in [4.69, 9.17) is 11.3 Å². The molecule has 0 saturated carbocycles. The van der Waals surface area contributed by atoms with Crippen molar-refractivity contribution < 1.29 is 31.8 Å². The summed E-state index contributed by atoms with van der Waals surface area (Å²) in [5.74, 6) is -5.09. The quantitative estimate of drug-likeness (QED) is 0.295. The number of nitrogens with zero attached hydrogens (tertiary/aromatic N) is 6. The van der Waals surface area contributed by atoms with Crippen LogP contribution in [-0.4, -0.2) is 50.7 Å². The number of rotatable bonds is 4. The fourth-order valence-electron chi connectivity index (χ4n) is 4.38. The number of phenols is 1. The fourth-order valence-corrected chi connectivity index (χ4v) is 4.38. The van der Waals surface area contributed by atoms with Gasteiger partial charge in [-0.1, -0.05) is 24.3 Å². The van der Waals surface area contributed by atoms with Gasteiger partial charge in [0.05, 0.1) is 30.2 Å². The van der Waals surface area contributed by atoms with E-state index in [0.29, 0.717) is 37.8 Å². The van der Waals surface area contributed by atoms with Crippen LogP contribution in [0.15, 0.2) is 36.5 Å². The van der Waals surface area contributed by atoms with Crippen molar-refractivity contribution in [2.24, 2.45) is 7.05 Å². The highest BCUT2D eigenvalue weighted by Crippen LogP contribution is 2.41. The molecule has 5 rings (SSSR count). The molecule has 1 N–H and O–H groups in total. The van der Waals surface area contributed by atoms with Gasteiger partial charge in [0.25, 0.3) is 0 Å². The minimum absolute atomic E-state index is 0.124. The van der Waals surface area contributed by atoms with E-state index in [1.54, 1.807) is 12.1 Å². The molecule has 0 bridgehead atoms. The molecule has 13 heteroatoms. The molecule has 8 nitrogen and oxygen atoms in total. The summed E-state index contributed by atoms with van der Waals surface area (Å²) in [5, 5.41) is 13.9. The lowest BCUT2D eigenvalue weighted by molar-refractivity contribution is -0.140. The molecule has 1 saturated heterocycles.